The van der Waals surface area contributed by atoms with Crippen molar-refractivity contribution in [2.24, 2.45) is 4.99 Å². The van der Waals surface area contributed by atoms with E-state index in [-0.39, 0.29) is 17.0 Å². The van der Waals surface area contributed by atoms with Gasteiger partial charge in [0, 0.05) is 18.0 Å². The Labute approximate surface area is 132 Å². The highest BCUT2D eigenvalue weighted by Crippen LogP contribution is 2.34. The molecule has 2 aliphatic heterocycles. The van der Waals surface area contributed by atoms with Crippen LogP contribution in [0.1, 0.15) is 18.4 Å². The van der Waals surface area contributed by atoms with Crippen LogP contribution in [-0.4, -0.2) is 34.4 Å². The van der Waals surface area contributed by atoms with Gasteiger partial charge >= 0.3 is 0 Å². The van der Waals surface area contributed by atoms with E-state index in [4.69, 9.17) is 0 Å². The van der Waals surface area contributed by atoms with E-state index in [1.54, 1.807) is 34.5 Å². The summed E-state index contributed by atoms with van der Waals surface area (Å²) in [4.78, 5) is 18.9. The second kappa shape index (κ2) is 6.40. The van der Waals surface area contributed by atoms with Gasteiger partial charge in [0.15, 0.2) is 0 Å². The molecule has 0 N–H and O–H groups in total. The summed E-state index contributed by atoms with van der Waals surface area (Å²) in [6.07, 6.45) is 1.86. The molecule has 1 fully saturated rings. The number of carbonyl (C=O) groups is 1. The Balaban J connectivity index is 1.78. The van der Waals surface area contributed by atoms with Crippen LogP contribution in [0.25, 0.3) is 0 Å². The maximum atomic E-state index is 13.2. The van der Waals surface area contributed by atoms with Gasteiger partial charge in [0.25, 0.3) is 0 Å². The zero-order valence-corrected chi connectivity index (χ0v) is 13.5. The minimum atomic E-state index is -0.261. The largest absolute Gasteiger partial charge is 0.311 e. The maximum Gasteiger partial charge on any atom is 0.240 e. The van der Waals surface area contributed by atoms with Crippen molar-refractivity contribution in [3.05, 3.63) is 29.6 Å². The molecular formula is C15H17FN2OS2. The van der Waals surface area contributed by atoms with E-state index in [1.165, 1.54) is 12.1 Å². The summed E-state index contributed by atoms with van der Waals surface area (Å²) in [6, 6.07) is 4.61. The number of aliphatic imine (C=N–C) groups is 1. The molecule has 1 atom stereocenters. The number of hydrogen-bond acceptors (Lipinski definition) is 4. The van der Waals surface area contributed by atoms with Crippen molar-refractivity contribution in [1.29, 1.82) is 0 Å². The van der Waals surface area contributed by atoms with Crippen LogP contribution in [0.2, 0.25) is 0 Å². The second-order valence-electron chi connectivity index (χ2n) is 5.17. The Morgan fingerprint density at radius 3 is 3.05 bits per heavy atom. The lowest BCUT2D eigenvalue weighted by Gasteiger charge is -2.32. The highest BCUT2D eigenvalue weighted by atomic mass is 32.2. The number of nitrogens with zero attached hydrogens (tertiary/aromatic N) is 2. The van der Waals surface area contributed by atoms with E-state index in [0.717, 1.165) is 40.8 Å². The standard InChI is InChI=1S/C15H17FN2OS2/c1-10-9-11(16)4-5-12(10)18-7-2-3-13(14(18)19)21-15-17-6-8-20-15/h4-5,9,13H,2-3,6-8H2,1H3/t13-/m1/s1. The molecule has 112 valence electrons. The molecule has 1 amide bonds. The van der Waals surface area contributed by atoms with E-state index < -0.39 is 0 Å². The van der Waals surface area contributed by atoms with Crippen molar-refractivity contribution in [3.8, 4) is 0 Å². The van der Waals surface area contributed by atoms with E-state index in [1.807, 2.05) is 6.92 Å². The van der Waals surface area contributed by atoms with Crippen LogP contribution in [-0.2, 0) is 4.79 Å². The molecule has 0 radical (unpaired) electrons. The van der Waals surface area contributed by atoms with Crippen LogP contribution < -0.4 is 4.90 Å². The smallest absolute Gasteiger partial charge is 0.240 e. The molecule has 21 heavy (non-hydrogen) atoms. The van der Waals surface area contributed by atoms with Crippen molar-refractivity contribution in [1.82, 2.24) is 0 Å². The lowest BCUT2D eigenvalue weighted by Crippen LogP contribution is -2.43. The Morgan fingerprint density at radius 1 is 1.48 bits per heavy atom. The summed E-state index contributed by atoms with van der Waals surface area (Å²) in [5.74, 6) is 0.879. The van der Waals surface area contributed by atoms with Gasteiger partial charge in [-0.25, -0.2) is 4.39 Å². The summed E-state index contributed by atoms with van der Waals surface area (Å²) in [6.45, 7) is 3.41. The Bertz CT molecular complexity index is 591. The zero-order valence-electron chi connectivity index (χ0n) is 11.8. The van der Waals surface area contributed by atoms with Gasteiger partial charge in [-0.3, -0.25) is 9.79 Å². The first-order valence-electron chi connectivity index (χ1n) is 7.06. The number of anilines is 1. The van der Waals surface area contributed by atoms with Crippen LogP contribution in [0.15, 0.2) is 23.2 Å². The molecule has 0 bridgehead atoms. The molecule has 0 unspecified atom stereocenters. The van der Waals surface area contributed by atoms with Crippen molar-refractivity contribution < 1.29 is 9.18 Å². The number of halogens is 1. The van der Waals surface area contributed by atoms with Gasteiger partial charge in [0.1, 0.15) is 10.2 Å². The third-order valence-electron chi connectivity index (χ3n) is 3.64. The predicted molar refractivity (Wildman–Crippen MR) is 88.9 cm³/mol. The topological polar surface area (TPSA) is 32.7 Å². The average Bonchev–Trinajstić information content (AvgIpc) is 2.95. The summed E-state index contributed by atoms with van der Waals surface area (Å²) in [5.41, 5.74) is 1.63. The average molecular weight is 324 g/mol. The lowest BCUT2D eigenvalue weighted by atomic mass is 10.1. The normalized spacial score (nSPS) is 22.6. The lowest BCUT2D eigenvalue weighted by molar-refractivity contribution is -0.119. The number of carbonyl (C=O) groups excluding carboxylic acids is 1. The van der Waals surface area contributed by atoms with Crippen molar-refractivity contribution in [2.75, 3.05) is 23.7 Å². The van der Waals surface area contributed by atoms with Crippen molar-refractivity contribution >= 4 is 39.5 Å². The predicted octanol–water partition coefficient (Wildman–Crippen LogP) is 3.47. The van der Waals surface area contributed by atoms with Crippen LogP contribution in [0, 0.1) is 12.7 Å². The first kappa shape index (κ1) is 14.9. The van der Waals surface area contributed by atoms with E-state index in [9.17, 15) is 9.18 Å². The summed E-state index contributed by atoms with van der Waals surface area (Å²) in [7, 11) is 0. The minimum absolute atomic E-state index is 0.0625. The highest BCUT2D eigenvalue weighted by Gasteiger charge is 2.32. The van der Waals surface area contributed by atoms with Crippen molar-refractivity contribution in [3.63, 3.8) is 0 Å². The van der Waals surface area contributed by atoms with Crippen LogP contribution in [0.5, 0.6) is 0 Å². The number of hydrogen-bond donors (Lipinski definition) is 0. The third kappa shape index (κ3) is 3.26. The number of amides is 1. The summed E-state index contributed by atoms with van der Waals surface area (Å²) < 4.78 is 14.3. The van der Waals surface area contributed by atoms with Gasteiger partial charge in [-0.05, 0) is 43.5 Å². The molecule has 3 nitrogen and oxygen atoms in total. The zero-order chi connectivity index (χ0) is 14.8. The molecular weight excluding hydrogens is 307 g/mol. The molecule has 2 heterocycles. The van der Waals surface area contributed by atoms with Crippen LogP contribution >= 0.6 is 23.5 Å². The monoisotopic (exact) mass is 324 g/mol. The fraction of sp³-hybridized carbons (Fsp3) is 0.467. The molecule has 0 aromatic heterocycles. The number of benzene rings is 1. The van der Waals surface area contributed by atoms with Gasteiger partial charge < -0.3 is 4.90 Å². The number of aryl methyl sites for hydroxylation is 1. The Kier molecular flexibility index (Phi) is 4.54. The van der Waals surface area contributed by atoms with Gasteiger partial charge in [-0.2, -0.15) is 0 Å². The first-order chi connectivity index (χ1) is 10.1. The molecule has 6 heteroatoms. The summed E-state index contributed by atoms with van der Waals surface area (Å²) >= 11 is 3.32. The quantitative estimate of drug-likeness (QED) is 0.835. The number of piperidine rings is 1. The number of rotatable bonds is 2. The van der Waals surface area contributed by atoms with E-state index in [0.29, 0.717) is 6.54 Å². The molecule has 1 aromatic carbocycles. The number of thioether (sulfide) groups is 2. The molecule has 1 aromatic rings. The molecule has 1 saturated heterocycles. The van der Waals surface area contributed by atoms with Crippen LogP contribution in [0.4, 0.5) is 10.1 Å². The van der Waals surface area contributed by atoms with Gasteiger partial charge in [0.05, 0.1) is 11.8 Å². The summed E-state index contributed by atoms with van der Waals surface area (Å²) in [5, 5.41) is -0.0625. The van der Waals surface area contributed by atoms with Gasteiger partial charge in [0.2, 0.25) is 5.91 Å². The van der Waals surface area contributed by atoms with E-state index in [2.05, 4.69) is 4.99 Å². The fourth-order valence-electron chi connectivity index (χ4n) is 2.62. The molecule has 0 spiro atoms. The third-order valence-corrected chi connectivity index (χ3v) is 6.10. The highest BCUT2D eigenvalue weighted by molar-refractivity contribution is 8.39. The molecule has 2 aliphatic rings. The van der Waals surface area contributed by atoms with Crippen LogP contribution in [0.3, 0.4) is 0 Å². The van der Waals surface area contributed by atoms with Gasteiger partial charge in [-0.1, -0.05) is 23.5 Å². The SMILES string of the molecule is Cc1cc(F)ccc1N1CCC[C@@H](SC2=NCCS2)C1=O. The van der Waals surface area contributed by atoms with Gasteiger partial charge in [-0.15, -0.1) is 0 Å². The molecule has 0 aliphatic carbocycles. The molecule has 0 saturated carbocycles. The van der Waals surface area contributed by atoms with Crippen molar-refractivity contribution in [2.45, 2.75) is 25.0 Å². The fourth-order valence-corrected chi connectivity index (χ4v) is 4.95. The van der Waals surface area contributed by atoms with E-state index >= 15 is 0 Å². The maximum absolute atomic E-state index is 13.2. The Hall–Kier alpha value is -1.01. The Morgan fingerprint density at radius 2 is 2.33 bits per heavy atom. The second-order valence-corrected chi connectivity index (χ2v) is 7.70. The molecule has 3 rings (SSSR count). The first-order valence-corrected chi connectivity index (χ1v) is 8.93. The minimum Gasteiger partial charge on any atom is -0.311 e.